The van der Waals surface area contributed by atoms with Gasteiger partial charge in [-0.05, 0) is 12.3 Å². The molecule has 0 spiro atoms. The maximum Gasteiger partial charge on any atom is 0.332 e. The number of nitrogens with two attached hydrogens (primary N) is 1. The minimum absolute atomic E-state index is 0.381. The number of rotatable bonds is 3. The Morgan fingerprint density at radius 3 is 2.90 bits per heavy atom. The van der Waals surface area contributed by atoms with E-state index in [9.17, 15) is 4.79 Å². The number of carbonyl (C=O) groups excluding carboxylic acids is 1. The third-order valence-electron chi connectivity index (χ3n) is 1.15. The molecule has 0 aromatic rings. The Labute approximate surface area is 60.5 Å². The van der Waals surface area contributed by atoms with Crippen molar-refractivity contribution >= 4 is 12.2 Å². The molecule has 0 radical (unpaired) electrons. The van der Waals surface area contributed by atoms with Crippen LogP contribution in [0.3, 0.4) is 0 Å². The summed E-state index contributed by atoms with van der Waals surface area (Å²) in [6.07, 6.45) is 2.66. The lowest BCUT2D eigenvalue weighted by Gasteiger charge is -1.97. The van der Waals surface area contributed by atoms with E-state index < -0.39 is 6.03 Å². The fraction of sp³-hybridized carbons (Fsp3) is 0.667. The quantitative estimate of drug-likeness (QED) is 0.443. The summed E-state index contributed by atoms with van der Waals surface area (Å²) < 4.78 is 0. The molecule has 58 valence electrons. The van der Waals surface area contributed by atoms with Gasteiger partial charge in [0, 0.05) is 6.21 Å². The number of urea groups is 1. The smallest absolute Gasteiger partial charge is 0.332 e. The maximum atomic E-state index is 10.1. The molecule has 0 saturated heterocycles. The zero-order valence-electron chi connectivity index (χ0n) is 6.29. The molecule has 2 amide bonds. The fourth-order valence-electron chi connectivity index (χ4n) is 0.334. The molecule has 1 unspecified atom stereocenters. The molecule has 0 aliphatic heterocycles. The number of primary amides is 1. The molecular weight excluding hydrogens is 130 g/mol. The molecule has 3 N–H and O–H groups in total. The molecule has 0 aromatic heterocycles. The fourth-order valence-corrected chi connectivity index (χ4v) is 0.334. The first-order chi connectivity index (χ1) is 4.66. The predicted octanol–water partition coefficient (Wildman–Crippen LogP) is 0.687. The Kier molecular flexibility index (Phi) is 4.28. The molecule has 0 aromatic carbocycles. The van der Waals surface area contributed by atoms with Crippen molar-refractivity contribution in [3.63, 3.8) is 0 Å². The van der Waals surface area contributed by atoms with Gasteiger partial charge in [-0.1, -0.05) is 13.8 Å². The van der Waals surface area contributed by atoms with E-state index in [4.69, 9.17) is 5.73 Å². The van der Waals surface area contributed by atoms with Crippen molar-refractivity contribution in [2.24, 2.45) is 16.8 Å². The second-order valence-corrected chi connectivity index (χ2v) is 2.14. The number of hydrogen-bond acceptors (Lipinski definition) is 2. The largest absolute Gasteiger partial charge is 0.350 e. The average Bonchev–Trinajstić information content (AvgIpc) is 1.87. The summed E-state index contributed by atoms with van der Waals surface area (Å²) in [5.74, 6) is 0.381. The van der Waals surface area contributed by atoms with Crippen molar-refractivity contribution in [1.82, 2.24) is 5.43 Å². The van der Waals surface area contributed by atoms with Crippen LogP contribution in [0.4, 0.5) is 4.79 Å². The van der Waals surface area contributed by atoms with Gasteiger partial charge >= 0.3 is 6.03 Å². The van der Waals surface area contributed by atoms with E-state index in [1.807, 2.05) is 13.8 Å². The van der Waals surface area contributed by atoms with Gasteiger partial charge in [0.1, 0.15) is 0 Å². The van der Waals surface area contributed by atoms with Gasteiger partial charge in [-0.3, -0.25) is 0 Å². The van der Waals surface area contributed by atoms with Gasteiger partial charge in [-0.25, -0.2) is 10.2 Å². The Balaban J connectivity index is 3.45. The zero-order chi connectivity index (χ0) is 7.98. The summed E-state index contributed by atoms with van der Waals surface area (Å²) in [5, 5.41) is 3.59. The van der Waals surface area contributed by atoms with Crippen molar-refractivity contribution in [2.75, 3.05) is 0 Å². The van der Waals surface area contributed by atoms with Crippen LogP contribution in [0.25, 0.3) is 0 Å². The van der Waals surface area contributed by atoms with Gasteiger partial charge in [-0.2, -0.15) is 5.10 Å². The van der Waals surface area contributed by atoms with E-state index in [1.165, 1.54) is 0 Å². The van der Waals surface area contributed by atoms with E-state index >= 15 is 0 Å². The van der Waals surface area contributed by atoms with Crippen LogP contribution in [0.5, 0.6) is 0 Å². The molecule has 0 aliphatic rings. The van der Waals surface area contributed by atoms with Crippen LogP contribution < -0.4 is 11.2 Å². The lowest BCUT2D eigenvalue weighted by molar-refractivity contribution is 0.249. The van der Waals surface area contributed by atoms with Crippen LogP contribution in [0.15, 0.2) is 5.10 Å². The molecular formula is C6H13N3O. The normalized spacial score (nSPS) is 13.4. The van der Waals surface area contributed by atoms with Gasteiger partial charge in [0.05, 0.1) is 0 Å². The van der Waals surface area contributed by atoms with Crippen LogP contribution in [0.2, 0.25) is 0 Å². The van der Waals surface area contributed by atoms with E-state index in [2.05, 4.69) is 10.5 Å². The van der Waals surface area contributed by atoms with Gasteiger partial charge in [0.15, 0.2) is 0 Å². The first-order valence-corrected chi connectivity index (χ1v) is 3.25. The molecule has 0 aliphatic carbocycles. The number of carbonyl (C=O) groups is 1. The average molecular weight is 143 g/mol. The highest BCUT2D eigenvalue weighted by molar-refractivity contribution is 5.73. The van der Waals surface area contributed by atoms with Crippen molar-refractivity contribution < 1.29 is 4.79 Å². The second-order valence-electron chi connectivity index (χ2n) is 2.14. The summed E-state index contributed by atoms with van der Waals surface area (Å²) in [7, 11) is 0. The van der Waals surface area contributed by atoms with Crippen LogP contribution >= 0.6 is 0 Å². The molecule has 0 fully saturated rings. The van der Waals surface area contributed by atoms with E-state index in [1.54, 1.807) is 6.21 Å². The monoisotopic (exact) mass is 143 g/mol. The third kappa shape index (κ3) is 5.08. The molecule has 0 rings (SSSR count). The topological polar surface area (TPSA) is 67.5 Å². The standard InChI is InChI=1S/C6H13N3O/c1-3-5(2)4-8-9-6(7)10/h4-5H,3H2,1-2H3,(H3,7,9,10)/b8-4+. The van der Waals surface area contributed by atoms with Gasteiger partial charge in [0.25, 0.3) is 0 Å². The molecule has 10 heavy (non-hydrogen) atoms. The summed E-state index contributed by atoms with van der Waals surface area (Å²) in [5.41, 5.74) is 6.88. The van der Waals surface area contributed by atoms with Crippen molar-refractivity contribution in [1.29, 1.82) is 0 Å². The minimum Gasteiger partial charge on any atom is -0.350 e. The lowest BCUT2D eigenvalue weighted by Crippen LogP contribution is -2.24. The van der Waals surface area contributed by atoms with Crippen LogP contribution in [-0.2, 0) is 0 Å². The molecule has 0 saturated carbocycles. The maximum absolute atomic E-state index is 10.1. The molecule has 0 bridgehead atoms. The lowest BCUT2D eigenvalue weighted by atomic mass is 10.1. The van der Waals surface area contributed by atoms with Gasteiger partial charge < -0.3 is 5.73 Å². The number of nitrogens with zero attached hydrogens (tertiary/aromatic N) is 1. The predicted molar refractivity (Wildman–Crippen MR) is 40.7 cm³/mol. The number of nitrogens with one attached hydrogen (secondary N) is 1. The third-order valence-corrected chi connectivity index (χ3v) is 1.15. The molecule has 1 atom stereocenters. The first kappa shape index (κ1) is 8.94. The Morgan fingerprint density at radius 2 is 2.50 bits per heavy atom. The van der Waals surface area contributed by atoms with E-state index in [0.29, 0.717) is 5.92 Å². The summed E-state index contributed by atoms with van der Waals surface area (Å²) in [6.45, 7) is 4.05. The second kappa shape index (κ2) is 4.78. The first-order valence-electron chi connectivity index (χ1n) is 3.25. The summed E-state index contributed by atoms with van der Waals surface area (Å²) >= 11 is 0. The van der Waals surface area contributed by atoms with Gasteiger partial charge in [0.2, 0.25) is 0 Å². The highest BCUT2D eigenvalue weighted by Gasteiger charge is 1.91. The SMILES string of the molecule is CCC(C)/C=N/NC(N)=O. The van der Waals surface area contributed by atoms with Crippen LogP contribution in [0, 0.1) is 5.92 Å². The molecule has 4 heteroatoms. The molecule has 0 heterocycles. The highest BCUT2D eigenvalue weighted by Crippen LogP contribution is 1.93. The van der Waals surface area contributed by atoms with Crippen LogP contribution in [0.1, 0.15) is 20.3 Å². The Morgan fingerprint density at radius 1 is 1.90 bits per heavy atom. The molecule has 4 nitrogen and oxygen atoms in total. The van der Waals surface area contributed by atoms with E-state index in [0.717, 1.165) is 6.42 Å². The Hall–Kier alpha value is -1.06. The van der Waals surface area contributed by atoms with Gasteiger partial charge in [-0.15, -0.1) is 0 Å². The zero-order valence-corrected chi connectivity index (χ0v) is 6.29. The number of amides is 2. The Bertz CT molecular complexity index is 133. The number of hydrogen-bond donors (Lipinski definition) is 2. The van der Waals surface area contributed by atoms with Crippen molar-refractivity contribution in [3.8, 4) is 0 Å². The number of hydrazone groups is 1. The van der Waals surface area contributed by atoms with Crippen molar-refractivity contribution in [2.45, 2.75) is 20.3 Å². The minimum atomic E-state index is -0.625. The van der Waals surface area contributed by atoms with Crippen LogP contribution in [-0.4, -0.2) is 12.2 Å². The highest BCUT2D eigenvalue weighted by atomic mass is 16.2. The van der Waals surface area contributed by atoms with E-state index in [-0.39, 0.29) is 0 Å². The summed E-state index contributed by atoms with van der Waals surface area (Å²) in [6, 6.07) is -0.625. The summed E-state index contributed by atoms with van der Waals surface area (Å²) in [4.78, 5) is 10.1. The van der Waals surface area contributed by atoms with Crippen molar-refractivity contribution in [3.05, 3.63) is 0 Å².